The maximum atomic E-state index is 12.3. The van der Waals surface area contributed by atoms with E-state index in [-0.39, 0.29) is 30.8 Å². The summed E-state index contributed by atoms with van der Waals surface area (Å²) < 4.78 is 6.14. The van der Waals surface area contributed by atoms with E-state index in [4.69, 9.17) is 20.7 Å². The fourth-order valence-electron chi connectivity index (χ4n) is 5.21. The van der Waals surface area contributed by atoms with Crippen LogP contribution in [0.3, 0.4) is 0 Å². The topological polar surface area (TPSA) is 184 Å². The number of carboxylic acid groups (broad SMARTS) is 1. The summed E-state index contributed by atoms with van der Waals surface area (Å²) in [5, 5.41) is 36.2. The minimum Gasteiger partial charge on any atom is -0.507 e. The van der Waals surface area contributed by atoms with Crippen LogP contribution in [0.5, 0.6) is 11.5 Å². The number of hydrogen-bond donors (Lipinski definition) is 5. The highest BCUT2D eigenvalue weighted by Crippen LogP contribution is 2.44. The molecule has 0 bridgehead atoms. The van der Waals surface area contributed by atoms with Crippen molar-refractivity contribution in [1.29, 1.82) is 0 Å². The van der Waals surface area contributed by atoms with Crippen molar-refractivity contribution >= 4 is 23.4 Å². The van der Waals surface area contributed by atoms with Crippen LogP contribution in [0.4, 0.5) is 0 Å². The second kappa shape index (κ2) is 15.3. The van der Waals surface area contributed by atoms with Crippen molar-refractivity contribution in [3.8, 4) is 11.5 Å². The molecule has 1 aromatic rings. The molecule has 10 heteroatoms. The third-order valence-corrected chi connectivity index (χ3v) is 8.59. The predicted octanol–water partition coefficient (Wildman–Crippen LogP) is 4.46. The molecule has 0 aromatic heterocycles. The van der Waals surface area contributed by atoms with Gasteiger partial charge >= 0.3 is 5.97 Å². The molecule has 0 saturated heterocycles. The first kappa shape index (κ1) is 37.5. The van der Waals surface area contributed by atoms with Crippen molar-refractivity contribution in [2.24, 2.45) is 5.73 Å². The number of amides is 1. The molecule has 1 aliphatic heterocycles. The molecule has 1 aliphatic carbocycles. The molecule has 43 heavy (non-hydrogen) atoms. The first-order valence-electron chi connectivity index (χ1n) is 14.5. The zero-order chi connectivity index (χ0) is 33.4. The number of aromatic hydroxyl groups is 1. The molecular weight excluding hydrogens is 554 g/mol. The second-order valence-corrected chi connectivity index (χ2v) is 12.0. The smallest absolute Gasteiger partial charge is 0.303 e. The third kappa shape index (κ3) is 9.49. The number of ketones is 2. The lowest BCUT2D eigenvalue weighted by Gasteiger charge is -2.37. The first-order chi connectivity index (χ1) is 19.8. The fourth-order valence-corrected chi connectivity index (χ4v) is 5.21. The van der Waals surface area contributed by atoms with E-state index in [1.54, 1.807) is 27.7 Å². The number of carbonyl (C=O) groups excluding carboxylic acids is 3. The van der Waals surface area contributed by atoms with Crippen LogP contribution in [-0.2, 0) is 25.6 Å². The molecule has 3 rings (SSSR count). The second-order valence-electron chi connectivity index (χ2n) is 12.0. The van der Waals surface area contributed by atoms with E-state index in [2.05, 4.69) is 0 Å². The van der Waals surface area contributed by atoms with E-state index >= 15 is 0 Å². The maximum absolute atomic E-state index is 12.3. The average Bonchev–Trinajstić information content (AvgIpc) is 2.96. The van der Waals surface area contributed by atoms with Gasteiger partial charge in [-0.05, 0) is 111 Å². The lowest BCUT2D eigenvalue weighted by Crippen LogP contribution is -2.37. The van der Waals surface area contributed by atoms with E-state index in [0.29, 0.717) is 47.3 Å². The number of Topliss-reactive ketones (excluding diaryl/α,β-unsaturated/α-hetero) is 2. The molecule has 0 radical (unpaired) electrons. The molecule has 0 spiro atoms. The number of aliphatic hydroxyl groups excluding tert-OH is 1. The van der Waals surface area contributed by atoms with Gasteiger partial charge < -0.3 is 30.9 Å². The summed E-state index contributed by atoms with van der Waals surface area (Å²) in [5.74, 6) is -0.329. The van der Waals surface area contributed by atoms with E-state index in [1.807, 2.05) is 27.7 Å². The number of benzene rings is 1. The Morgan fingerprint density at radius 3 is 2.00 bits per heavy atom. The largest absolute Gasteiger partial charge is 0.507 e. The van der Waals surface area contributed by atoms with Crippen LogP contribution in [0.1, 0.15) is 102 Å². The number of primary amides is 1. The number of aliphatic hydroxyl groups is 2. The maximum Gasteiger partial charge on any atom is 0.303 e. The number of ether oxygens (including phenoxy) is 1. The summed E-state index contributed by atoms with van der Waals surface area (Å²) in [7, 11) is 1.00. The molecule has 0 fully saturated rings. The molecule has 2 aliphatic rings. The first-order valence-corrected chi connectivity index (χ1v) is 14.5. The van der Waals surface area contributed by atoms with Crippen molar-refractivity contribution in [2.75, 3.05) is 7.11 Å². The quantitative estimate of drug-likeness (QED) is 0.254. The fraction of sp³-hybridized carbons (Fsp3) is 0.576. The Labute approximate surface area is 254 Å². The highest BCUT2D eigenvalue weighted by molar-refractivity contribution is 6.24. The average molecular weight is 604 g/mol. The summed E-state index contributed by atoms with van der Waals surface area (Å²) >= 11 is 0. The Bertz CT molecular complexity index is 1320. The van der Waals surface area contributed by atoms with Crippen LogP contribution in [0, 0.1) is 20.8 Å². The van der Waals surface area contributed by atoms with Crippen LogP contribution in [0.25, 0.3) is 0 Å². The van der Waals surface area contributed by atoms with Gasteiger partial charge in [0.25, 0.3) is 0 Å². The molecule has 1 aromatic carbocycles. The number of allylic oxidation sites excluding steroid dienone is 4. The molecular formula is C33H49NO9. The SMILES string of the molecule is CC1=C(C)C(=O)C(CCC(C)(O)CCC(N)=O)=C(C)C1=O.CO.Cc1c(C)c2c(c(C)c1O)CCC(C)(CCC(=O)O)O2. The number of nitrogens with two attached hydrogens (primary N) is 1. The molecule has 240 valence electrons. The monoisotopic (exact) mass is 603 g/mol. The van der Waals surface area contributed by atoms with Gasteiger partial charge in [-0.1, -0.05) is 0 Å². The van der Waals surface area contributed by atoms with E-state index < -0.39 is 23.1 Å². The van der Waals surface area contributed by atoms with E-state index in [1.165, 1.54) is 0 Å². The normalized spacial score (nSPS) is 19.3. The number of carboxylic acids is 1. The summed E-state index contributed by atoms with van der Waals surface area (Å²) in [6.07, 6.45) is 3.15. The van der Waals surface area contributed by atoms with E-state index in [0.717, 1.165) is 48.0 Å². The van der Waals surface area contributed by atoms with Crippen molar-refractivity contribution in [2.45, 2.75) is 118 Å². The standard InChI is InChI=1S/C16H23NO4.C16H22O4.CH4O/c1-9-10(2)15(20)12(11(3)14(9)19)5-7-16(4,21)8-6-13(17)18;1-9-10(2)15-12(11(3)14(9)19)5-7-16(4,20-15)8-6-13(17)18;1-2/h21H,5-8H2,1-4H3,(H2,17,18);19H,5-8H2,1-4H3,(H,17,18);2H,1H3. The summed E-state index contributed by atoms with van der Waals surface area (Å²) in [5.41, 5.74) is 9.13. The number of aliphatic carboxylic acids is 1. The van der Waals surface area contributed by atoms with Gasteiger partial charge in [0.2, 0.25) is 5.91 Å². The van der Waals surface area contributed by atoms with Gasteiger partial charge in [0, 0.05) is 47.8 Å². The molecule has 1 amide bonds. The van der Waals surface area contributed by atoms with Crippen molar-refractivity contribution in [3.63, 3.8) is 0 Å². The minimum absolute atomic E-state index is 0.0932. The molecule has 10 nitrogen and oxygen atoms in total. The third-order valence-electron chi connectivity index (χ3n) is 8.59. The van der Waals surface area contributed by atoms with Crippen LogP contribution >= 0.6 is 0 Å². The lowest BCUT2D eigenvalue weighted by molar-refractivity contribution is -0.138. The van der Waals surface area contributed by atoms with Crippen LogP contribution in [0.15, 0.2) is 22.3 Å². The van der Waals surface area contributed by atoms with Crippen molar-refractivity contribution < 1.29 is 44.3 Å². The molecule has 6 N–H and O–H groups in total. The summed E-state index contributed by atoms with van der Waals surface area (Å²) in [6.45, 7) is 14.2. The molecule has 1 heterocycles. The Morgan fingerprint density at radius 2 is 1.47 bits per heavy atom. The van der Waals surface area contributed by atoms with Gasteiger partial charge in [-0.25, -0.2) is 0 Å². The van der Waals surface area contributed by atoms with Crippen LogP contribution in [-0.4, -0.2) is 62.2 Å². The van der Waals surface area contributed by atoms with Crippen LogP contribution in [0.2, 0.25) is 0 Å². The van der Waals surface area contributed by atoms with Crippen molar-refractivity contribution in [3.05, 3.63) is 44.5 Å². The Hall–Kier alpha value is -3.50. The predicted molar refractivity (Wildman–Crippen MR) is 164 cm³/mol. The van der Waals surface area contributed by atoms with Gasteiger partial charge in [0.15, 0.2) is 11.6 Å². The van der Waals surface area contributed by atoms with Gasteiger partial charge in [-0.2, -0.15) is 0 Å². The highest BCUT2D eigenvalue weighted by atomic mass is 16.5. The molecule has 2 atom stereocenters. The van der Waals surface area contributed by atoms with Crippen LogP contribution < -0.4 is 10.5 Å². The van der Waals surface area contributed by atoms with Gasteiger partial charge in [-0.15, -0.1) is 0 Å². The van der Waals surface area contributed by atoms with Gasteiger partial charge in [0.05, 0.1) is 5.60 Å². The zero-order valence-electron chi connectivity index (χ0n) is 27.1. The lowest BCUT2D eigenvalue weighted by atomic mass is 9.82. The number of fused-ring (bicyclic) bond motifs is 1. The zero-order valence-corrected chi connectivity index (χ0v) is 27.1. The van der Waals surface area contributed by atoms with Gasteiger partial charge in [0.1, 0.15) is 17.1 Å². The minimum atomic E-state index is -1.09. The number of phenols is 1. The Balaban J connectivity index is 0.000000407. The molecule has 0 saturated carbocycles. The Morgan fingerprint density at radius 1 is 0.907 bits per heavy atom. The highest BCUT2D eigenvalue weighted by Gasteiger charge is 2.35. The number of phenolic OH excluding ortho intramolecular Hbond substituents is 1. The van der Waals surface area contributed by atoms with E-state index in [9.17, 15) is 29.4 Å². The summed E-state index contributed by atoms with van der Waals surface area (Å²) in [4.78, 5) is 45.8. The van der Waals surface area contributed by atoms with Gasteiger partial charge in [-0.3, -0.25) is 19.2 Å². The Kier molecular flexibility index (Phi) is 13.3. The number of carbonyl (C=O) groups is 4. The molecule has 2 unspecified atom stereocenters. The number of hydrogen-bond acceptors (Lipinski definition) is 8. The number of rotatable bonds is 9. The summed E-state index contributed by atoms with van der Waals surface area (Å²) in [6, 6.07) is 0. The van der Waals surface area contributed by atoms with Crippen molar-refractivity contribution in [1.82, 2.24) is 0 Å².